The van der Waals surface area contributed by atoms with Gasteiger partial charge in [0.2, 0.25) is 5.82 Å². The standard InChI is InChI=1S/C14H9F4N3O4/c15-11-7-9(3-6-12(11)21(23)24)19-20-13(22)8-1-4-10(5-2-8)25-14(16,17)18/h1-7,19H,(H,20,22). The van der Waals surface area contributed by atoms with Gasteiger partial charge in [-0.25, -0.2) is 0 Å². The van der Waals surface area contributed by atoms with E-state index in [9.17, 15) is 32.5 Å². The Morgan fingerprint density at radius 1 is 1.12 bits per heavy atom. The highest BCUT2D eigenvalue weighted by atomic mass is 19.4. The number of hydrazine groups is 1. The first-order valence-corrected chi connectivity index (χ1v) is 6.52. The summed E-state index contributed by atoms with van der Waals surface area (Å²) in [5.74, 6) is -2.32. The third-order valence-electron chi connectivity index (χ3n) is 2.81. The Bertz CT molecular complexity index is 794. The lowest BCUT2D eigenvalue weighted by Gasteiger charge is -2.10. The number of carbonyl (C=O) groups excluding carboxylic acids is 1. The van der Waals surface area contributed by atoms with Gasteiger partial charge in [-0.3, -0.25) is 25.8 Å². The molecule has 1 amide bonds. The Hall–Kier alpha value is -3.37. The number of hydrogen-bond donors (Lipinski definition) is 2. The minimum absolute atomic E-state index is 0.00408. The summed E-state index contributed by atoms with van der Waals surface area (Å²) in [6.45, 7) is 0. The second-order valence-corrected chi connectivity index (χ2v) is 4.57. The summed E-state index contributed by atoms with van der Waals surface area (Å²) in [5.41, 5.74) is 3.81. The summed E-state index contributed by atoms with van der Waals surface area (Å²) in [7, 11) is 0. The van der Waals surface area contributed by atoms with Crippen molar-refractivity contribution in [2.45, 2.75) is 6.36 Å². The lowest BCUT2D eigenvalue weighted by Crippen LogP contribution is -2.29. The molecule has 0 saturated carbocycles. The average molecular weight is 359 g/mol. The maximum Gasteiger partial charge on any atom is 0.573 e. The monoisotopic (exact) mass is 359 g/mol. The van der Waals surface area contributed by atoms with Crippen LogP contribution in [0.2, 0.25) is 0 Å². The molecule has 0 radical (unpaired) electrons. The van der Waals surface area contributed by atoms with Gasteiger partial charge in [0.15, 0.2) is 0 Å². The van der Waals surface area contributed by atoms with Gasteiger partial charge in [-0.15, -0.1) is 13.2 Å². The van der Waals surface area contributed by atoms with Gasteiger partial charge < -0.3 is 4.74 Å². The number of rotatable bonds is 5. The molecule has 0 aromatic heterocycles. The van der Waals surface area contributed by atoms with Crippen LogP contribution in [0.25, 0.3) is 0 Å². The number of nitro benzene ring substituents is 1. The zero-order chi connectivity index (χ0) is 18.6. The number of nitro groups is 1. The van der Waals surface area contributed by atoms with Gasteiger partial charge in [-0.2, -0.15) is 4.39 Å². The molecule has 7 nitrogen and oxygen atoms in total. The first-order valence-electron chi connectivity index (χ1n) is 6.52. The summed E-state index contributed by atoms with van der Waals surface area (Å²) >= 11 is 0. The summed E-state index contributed by atoms with van der Waals surface area (Å²) < 4.78 is 53.2. The van der Waals surface area contributed by atoms with Gasteiger partial charge in [0.25, 0.3) is 5.91 Å². The van der Waals surface area contributed by atoms with Crippen molar-refractivity contribution >= 4 is 17.3 Å². The van der Waals surface area contributed by atoms with E-state index in [4.69, 9.17) is 0 Å². The second kappa shape index (κ2) is 7.03. The van der Waals surface area contributed by atoms with Crippen molar-refractivity contribution in [2.75, 3.05) is 5.43 Å². The lowest BCUT2D eigenvalue weighted by molar-refractivity contribution is -0.387. The van der Waals surface area contributed by atoms with Crippen molar-refractivity contribution in [3.8, 4) is 5.75 Å². The van der Waals surface area contributed by atoms with Crippen LogP contribution in [-0.4, -0.2) is 17.2 Å². The van der Waals surface area contributed by atoms with E-state index < -0.39 is 34.4 Å². The fraction of sp³-hybridized carbons (Fsp3) is 0.0714. The number of anilines is 1. The van der Waals surface area contributed by atoms with Gasteiger partial charge in [0.1, 0.15) is 5.75 Å². The number of amides is 1. The third kappa shape index (κ3) is 5.06. The first kappa shape index (κ1) is 18.0. The van der Waals surface area contributed by atoms with Gasteiger partial charge in [-0.1, -0.05) is 0 Å². The van der Waals surface area contributed by atoms with Crippen LogP contribution < -0.4 is 15.6 Å². The zero-order valence-electron chi connectivity index (χ0n) is 12.1. The molecule has 25 heavy (non-hydrogen) atoms. The Morgan fingerprint density at radius 2 is 1.76 bits per heavy atom. The number of carbonyl (C=O) groups is 1. The summed E-state index contributed by atoms with van der Waals surface area (Å²) in [4.78, 5) is 21.4. The molecule has 0 aliphatic heterocycles. The molecule has 0 spiro atoms. The third-order valence-corrected chi connectivity index (χ3v) is 2.81. The first-order chi connectivity index (χ1) is 11.7. The fourth-order valence-electron chi connectivity index (χ4n) is 1.74. The summed E-state index contributed by atoms with van der Waals surface area (Å²) in [5, 5.41) is 10.5. The normalized spacial score (nSPS) is 10.9. The molecular weight excluding hydrogens is 350 g/mol. The molecule has 0 aliphatic rings. The van der Waals surface area contributed by atoms with Gasteiger partial charge in [0, 0.05) is 17.7 Å². The van der Waals surface area contributed by atoms with Crippen LogP contribution in [-0.2, 0) is 0 Å². The quantitative estimate of drug-likeness (QED) is 0.485. The highest BCUT2D eigenvalue weighted by molar-refractivity contribution is 5.95. The zero-order valence-corrected chi connectivity index (χ0v) is 12.1. The molecule has 0 atom stereocenters. The highest BCUT2D eigenvalue weighted by Crippen LogP contribution is 2.23. The van der Waals surface area contributed by atoms with E-state index in [-0.39, 0.29) is 11.3 Å². The smallest absolute Gasteiger partial charge is 0.406 e. The molecule has 0 bridgehead atoms. The van der Waals surface area contributed by atoms with E-state index in [0.29, 0.717) is 0 Å². The largest absolute Gasteiger partial charge is 0.573 e. The predicted octanol–water partition coefficient (Wildman–Crippen LogP) is 3.39. The molecule has 0 fully saturated rings. The van der Waals surface area contributed by atoms with Crippen molar-refractivity contribution in [3.05, 3.63) is 64.0 Å². The Kier molecular flexibility index (Phi) is 5.05. The summed E-state index contributed by atoms with van der Waals surface area (Å²) in [6, 6.07) is 6.97. The number of nitrogens with one attached hydrogen (secondary N) is 2. The topological polar surface area (TPSA) is 93.5 Å². The van der Waals surface area contributed by atoms with Crippen LogP contribution in [0.15, 0.2) is 42.5 Å². The van der Waals surface area contributed by atoms with Crippen molar-refractivity contribution < 1.29 is 32.0 Å². The molecule has 0 heterocycles. The number of alkyl halides is 3. The van der Waals surface area contributed by atoms with Crippen LogP contribution in [0.3, 0.4) is 0 Å². The highest BCUT2D eigenvalue weighted by Gasteiger charge is 2.31. The van der Waals surface area contributed by atoms with E-state index >= 15 is 0 Å². The molecule has 0 unspecified atom stereocenters. The Labute approximate surface area is 137 Å². The number of hydrogen-bond acceptors (Lipinski definition) is 5. The number of ether oxygens (including phenoxy) is 1. The van der Waals surface area contributed by atoms with Crippen LogP contribution in [0.1, 0.15) is 10.4 Å². The molecule has 0 aliphatic carbocycles. The molecular formula is C14H9F4N3O4. The van der Waals surface area contributed by atoms with E-state index in [1.54, 1.807) is 0 Å². The second-order valence-electron chi connectivity index (χ2n) is 4.57. The minimum Gasteiger partial charge on any atom is -0.406 e. The molecule has 2 aromatic rings. The van der Waals surface area contributed by atoms with Crippen LogP contribution >= 0.6 is 0 Å². The lowest BCUT2D eigenvalue weighted by atomic mass is 10.2. The van der Waals surface area contributed by atoms with E-state index in [1.165, 1.54) is 6.07 Å². The van der Waals surface area contributed by atoms with E-state index in [1.807, 2.05) is 0 Å². The Morgan fingerprint density at radius 3 is 2.28 bits per heavy atom. The van der Waals surface area contributed by atoms with Gasteiger partial charge >= 0.3 is 12.0 Å². The van der Waals surface area contributed by atoms with Crippen LogP contribution in [0.5, 0.6) is 5.75 Å². The number of nitrogens with zero attached hydrogens (tertiary/aromatic N) is 1. The number of halogens is 4. The Balaban J connectivity index is 1.98. The van der Waals surface area contributed by atoms with Crippen molar-refractivity contribution in [2.24, 2.45) is 0 Å². The maximum atomic E-state index is 13.4. The van der Waals surface area contributed by atoms with Crippen molar-refractivity contribution in [3.63, 3.8) is 0 Å². The van der Waals surface area contributed by atoms with Crippen molar-refractivity contribution in [1.82, 2.24) is 5.43 Å². The van der Waals surface area contributed by atoms with E-state index in [2.05, 4.69) is 15.6 Å². The van der Waals surface area contributed by atoms with Crippen molar-refractivity contribution in [1.29, 1.82) is 0 Å². The average Bonchev–Trinajstić information content (AvgIpc) is 2.51. The molecule has 0 saturated heterocycles. The van der Waals surface area contributed by atoms with E-state index in [0.717, 1.165) is 36.4 Å². The molecule has 11 heteroatoms. The predicted molar refractivity (Wildman–Crippen MR) is 77.3 cm³/mol. The molecule has 2 N–H and O–H groups in total. The SMILES string of the molecule is O=C(NNc1ccc([N+](=O)[O-])c(F)c1)c1ccc(OC(F)(F)F)cc1. The maximum absolute atomic E-state index is 13.4. The molecule has 2 aromatic carbocycles. The van der Waals surface area contributed by atoms with Crippen LogP contribution in [0, 0.1) is 15.9 Å². The summed E-state index contributed by atoms with van der Waals surface area (Å²) in [6.07, 6.45) is -4.84. The molecule has 132 valence electrons. The van der Waals surface area contributed by atoms with Gasteiger partial charge in [0.05, 0.1) is 10.6 Å². The molecule has 2 rings (SSSR count). The minimum atomic E-state index is -4.84. The van der Waals surface area contributed by atoms with Gasteiger partial charge in [-0.05, 0) is 30.3 Å². The number of benzene rings is 2. The van der Waals surface area contributed by atoms with Crippen LogP contribution in [0.4, 0.5) is 28.9 Å². The fourth-order valence-corrected chi connectivity index (χ4v) is 1.74.